The molecular formula is C17H12ClFN2O2. The van der Waals surface area contributed by atoms with E-state index < -0.39 is 11.7 Å². The molecule has 3 aromatic rings. The van der Waals surface area contributed by atoms with Crippen LogP contribution in [0.3, 0.4) is 0 Å². The van der Waals surface area contributed by atoms with Crippen molar-refractivity contribution in [1.29, 1.82) is 0 Å². The first-order valence-electron chi connectivity index (χ1n) is 6.81. The zero-order chi connectivity index (χ0) is 16.4. The highest BCUT2D eigenvalue weighted by atomic mass is 35.5. The molecule has 4 nitrogen and oxygen atoms in total. The molecule has 0 saturated carbocycles. The van der Waals surface area contributed by atoms with Gasteiger partial charge in [-0.05, 0) is 36.8 Å². The fraction of sp³-hybridized carbons (Fsp3) is 0.0588. The molecule has 0 aliphatic carbocycles. The van der Waals surface area contributed by atoms with E-state index in [0.717, 1.165) is 0 Å². The molecule has 23 heavy (non-hydrogen) atoms. The predicted octanol–water partition coefficient (Wildman–Crippen LogP) is 4.69. The Morgan fingerprint density at radius 3 is 2.83 bits per heavy atom. The van der Waals surface area contributed by atoms with E-state index in [1.54, 1.807) is 43.3 Å². The lowest BCUT2D eigenvalue weighted by Gasteiger charge is -2.06. The van der Waals surface area contributed by atoms with Crippen molar-refractivity contribution in [2.75, 3.05) is 5.32 Å². The van der Waals surface area contributed by atoms with Crippen LogP contribution in [0.25, 0.3) is 11.3 Å². The molecule has 1 amide bonds. The van der Waals surface area contributed by atoms with Crippen LogP contribution in [0.15, 0.2) is 53.3 Å². The number of hydrogen-bond acceptors (Lipinski definition) is 3. The Morgan fingerprint density at radius 2 is 2.09 bits per heavy atom. The summed E-state index contributed by atoms with van der Waals surface area (Å²) in [6, 6.07) is 11.4. The summed E-state index contributed by atoms with van der Waals surface area (Å²) in [5, 5.41) is 3.12. The predicted molar refractivity (Wildman–Crippen MR) is 86.0 cm³/mol. The van der Waals surface area contributed by atoms with Crippen molar-refractivity contribution >= 4 is 23.2 Å². The number of amides is 1. The van der Waals surface area contributed by atoms with Crippen molar-refractivity contribution in [3.63, 3.8) is 0 Å². The molecule has 0 bridgehead atoms. The Morgan fingerprint density at radius 1 is 1.26 bits per heavy atom. The van der Waals surface area contributed by atoms with E-state index in [2.05, 4.69) is 10.3 Å². The number of aryl methyl sites for hydroxylation is 1. The molecule has 0 unspecified atom stereocenters. The van der Waals surface area contributed by atoms with Gasteiger partial charge in [0, 0.05) is 16.3 Å². The third kappa shape index (κ3) is 3.24. The van der Waals surface area contributed by atoms with Crippen molar-refractivity contribution in [3.8, 4) is 11.3 Å². The van der Waals surface area contributed by atoms with E-state index in [9.17, 15) is 9.18 Å². The Balaban J connectivity index is 1.89. The summed E-state index contributed by atoms with van der Waals surface area (Å²) in [7, 11) is 0. The molecule has 0 fully saturated rings. The Labute approximate surface area is 136 Å². The van der Waals surface area contributed by atoms with Gasteiger partial charge in [-0.1, -0.05) is 29.8 Å². The van der Waals surface area contributed by atoms with Crippen molar-refractivity contribution < 1.29 is 13.6 Å². The SMILES string of the molecule is Cc1ccc(NC(=O)c2ncoc2-c2cccc(Cl)c2)cc1F. The molecule has 1 aromatic heterocycles. The number of benzene rings is 2. The summed E-state index contributed by atoms with van der Waals surface area (Å²) in [6.45, 7) is 1.65. The molecular weight excluding hydrogens is 319 g/mol. The van der Waals surface area contributed by atoms with Crippen LogP contribution in [-0.4, -0.2) is 10.9 Å². The zero-order valence-corrected chi connectivity index (χ0v) is 12.9. The first-order chi connectivity index (χ1) is 11.0. The summed E-state index contributed by atoms with van der Waals surface area (Å²) in [5.41, 5.74) is 1.59. The first-order valence-corrected chi connectivity index (χ1v) is 7.19. The van der Waals surface area contributed by atoms with Gasteiger partial charge in [-0.2, -0.15) is 0 Å². The standard InChI is InChI=1S/C17H12ClFN2O2/c1-10-5-6-13(8-14(10)19)21-17(22)15-16(23-9-20-15)11-3-2-4-12(18)7-11/h2-9H,1H3,(H,21,22). The van der Waals surface area contributed by atoms with Crippen LogP contribution in [0.1, 0.15) is 16.1 Å². The summed E-state index contributed by atoms with van der Waals surface area (Å²) in [5.74, 6) is -0.576. The smallest absolute Gasteiger partial charge is 0.278 e. The number of rotatable bonds is 3. The van der Waals surface area contributed by atoms with Crippen LogP contribution >= 0.6 is 11.6 Å². The number of hydrogen-bond donors (Lipinski definition) is 1. The average Bonchev–Trinajstić information content (AvgIpc) is 3.00. The second-order valence-electron chi connectivity index (χ2n) is 4.96. The minimum atomic E-state index is -0.489. The fourth-order valence-corrected chi connectivity index (χ4v) is 2.29. The number of nitrogens with one attached hydrogen (secondary N) is 1. The molecule has 1 N–H and O–H groups in total. The third-order valence-electron chi connectivity index (χ3n) is 3.30. The maximum atomic E-state index is 13.6. The topological polar surface area (TPSA) is 55.1 Å². The first kappa shape index (κ1) is 15.2. The molecule has 0 radical (unpaired) electrons. The molecule has 0 aliphatic heterocycles. The number of halogens is 2. The number of carbonyl (C=O) groups excluding carboxylic acids is 1. The van der Waals surface area contributed by atoms with E-state index in [4.69, 9.17) is 16.0 Å². The van der Waals surface area contributed by atoms with Gasteiger partial charge in [0.1, 0.15) is 5.82 Å². The highest BCUT2D eigenvalue weighted by Crippen LogP contribution is 2.26. The van der Waals surface area contributed by atoms with E-state index in [1.165, 1.54) is 12.5 Å². The Kier molecular flexibility index (Phi) is 4.12. The molecule has 0 saturated heterocycles. The van der Waals surface area contributed by atoms with Crippen molar-refractivity contribution in [1.82, 2.24) is 4.98 Å². The molecule has 6 heteroatoms. The maximum Gasteiger partial charge on any atom is 0.278 e. The molecule has 0 atom stereocenters. The lowest BCUT2D eigenvalue weighted by Crippen LogP contribution is -2.13. The lowest BCUT2D eigenvalue weighted by atomic mass is 10.1. The Bertz CT molecular complexity index is 877. The van der Waals surface area contributed by atoms with E-state index in [1.807, 2.05) is 0 Å². The molecule has 3 rings (SSSR count). The molecule has 116 valence electrons. The monoisotopic (exact) mass is 330 g/mol. The van der Waals surface area contributed by atoms with Gasteiger partial charge in [-0.15, -0.1) is 0 Å². The van der Waals surface area contributed by atoms with Gasteiger partial charge in [-0.3, -0.25) is 4.79 Å². The van der Waals surface area contributed by atoms with Gasteiger partial charge >= 0.3 is 0 Å². The Hall–Kier alpha value is -2.66. The van der Waals surface area contributed by atoms with Gasteiger partial charge in [0.15, 0.2) is 17.8 Å². The van der Waals surface area contributed by atoms with Crippen molar-refractivity contribution in [3.05, 3.63) is 71.0 Å². The number of anilines is 1. The zero-order valence-electron chi connectivity index (χ0n) is 12.1. The van der Waals surface area contributed by atoms with Crippen LogP contribution in [0.5, 0.6) is 0 Å². The van der Waals surface area contributed by atoms with Gasteiger partial charge in [0.2, 0.25) is 0 Å². The van der Waals surface area contributed by atoms with Gasteiger partial charge in [-0.25, -0.2) is 9.37 Å². The van der Waals surface area contributed by atoms with Crippen LogP contribution < -0.4 is 5.32 Å². The van der Waals surface area contributed by atoms with Crippen molar-refractivity contribution in [2.45, 2.75) is 6.92 Å². The number of carbonyl (C=O) groups is 1. The van der Waals surface area contributed by atoms with Crippen molar-refractivity contribution in [2.24, 2.45) is 0 Å². The highest BCUT2D eigenvalue weighted by Gasteiger charge is 2.19. The minimum Gasteiger partial charge on any atom is -0.443 e. The molecule has 0 aliphatic rings. The number of nitrogens with zero attached hydrogens (tertiary/aromatic N) is 1. The number of oxazole rings is 1. The van der Waals surface area contributed by atoms with Crippen LogP contribution in [-0.2, 0) is 0 Å². The molecule has 1 heterocycles. The lowest BCUT2D eigenvalue weighted by molar-refractivity contribution is 0.102. The minimum absolute atomic E-state index is 0.105. The van der Waals surface area contributed by atoms with E-state index >= 15 is 0 Å². The third-order valence-corrected chi connectivity index (χ3v) is 3.53. The summed E-state index contributed by atoms with van der Waals surface area (Å²) >= 11 is 5.95. The summed E-state index contributed by atoms with van der Waals surface area (Å²) in [4.78, 5) is 16.3. The van der Waals surface area contributed by atoms with Crippen LogP contribution in [0.2, 0.25) is 5.02 Å². The fourth-order valence-electron chi connectivity index (χ4n) is 2.10. The van der Waals surface area contributed by atoms with Crippen LogP contribution in [0, 0.1) is 12.7 Å². The van der Waals surface area contributed by atoms with Gasteiger partial charge in [0.05, 0.1) is 0 Å². The second-order valence-corrected chi connectivity index (χ2v) is 5.39. The van der Waals surface area contributed by atoms with Gasteiger partial charge < -0.3 is 9.73 Å². The van der Waals surface area contributed by atoms with E-state index in [-0.39, 0.29) is 5.69 Å². The second kappa shape index (κ2) is 6.22. The normalized spacial score (nSPS) is 10.6. The highest BCUT2D eigenvalue weighted by molar-refractivity contribution is 6.30. The maximum absolute atomic E-state index is 13.6. The van der Waals surface area contributed by atoms with Gasteiger partial charge in [0.25, 0.3) is 5.91 Å². The largest absolute Gasteiger partial charge is 0.443 e. The van der Waals surface area contributed by atoms with E-state index in [0.29, 0.717) is 27.6 Å². The molecule has 0 spiro atoms. The number of aromatic nitrogens is 1. The molecule has 2 aromatic carbocycles. The summed E-state index contributed by atoms with van der Waals surface area (Å²) in [6.07, 6.45) is 1.18. The van der Waals surface area contributed by atoms with Crippen LogP contribution in [0.4, 0.5) is 10.1 Å². The summed E-state index contributed by atoms with van der Waals surface area (Å²) < 4.78 is 18.9. The average molecular weight is 331 g/mol. The quantitative estimate of drug-likeness (QED) is 0.757.